The summed E-state index contributed by atoms with van der Waals surface area (Å²) in [5.41, 5.74) is 3.88. The SMILES string of the molecule is O=C(NC[C@H](Nc1ccnc2ccccc12)C(=O)O)[C@@H]1CCCN(CCCc2ccc3c(n2)NCCC3)C1. The Balaban J connectivity index is 1.10. The number of benzene rings is 1. The van der Waals surface area contributed by atoms with E-state index < -0.39 is 12.0 Å². The van der Waals surface area contributed by atoms with Crippen LogP contribution in [0.1, 0.15) is 36.9 Å². The molecule has 4 N–H and O–H groups in total. The number of piperidine rings is 1. The Morgan fingerprint density at radius 3 is 2.95 bits per heavy atom. The molecule has 0 unspecified atom stereocenters. The maximum absolute atomic E-state index is 13.0. The van der Waals surface area contributed by atoms with Crippen molar-refractivity contribution in [3.05, 3.63) is 59.9 Å². The van der Waals surface area contributed by atoms with Gasteiger partial charge in [-0.1, -0.05) is 24.3 Å². The summed E-state index contributed by atoms with van der Waals surface area (Å²) >= 11 is 0. The van der Waals surface area contributed by atoms with Crippen molar-refractivity contribution in [2.24, 2.45) is 5.92 Å². The molecule has 3 aromatic rings. The van der Waals surface area contributed by atoms with Gasteiger partial charge in [0, 0.05) is 42.6 Å². The van der Waals surface area contributed by atoms with E-state index in [4.69, 9.17) is 4.98 Å². The number of carboxylic acids is 1. The largest absolute Gasteiger partial charge is 0.480 e. The van der Waals surface area contributed by atoms with E-state index >= 15 is 0 Å². The Morgan fingerprint density at radius 2 is 2.05 bits per heavy atom. The third-order valence-electron chi connectivity index (χ3n) is 7.49. The molecule has 2 aromatic heterocycles. The molecule has 1 saturated heterocycles. The number of aliphatic carboxylic acids is 1. The standard InChI is InChI=1S/C29H36N6O3/c36-28(32-18-26(29(37)38)34-25-13-15-30-24-10-2-1-9-23(24)25)21-7-4-16-35(19-21)17-5-8-22-12-11-20-6-3-14-31-27(20)33-22/h1-2,9-13,15,21,26H,3-8,14,16-19H2,(H,30,34)(H,31,33)(H,32,36)(H,37,38)/t21-,26+/m1/s1. The molecule has 1 fully saturated rings. The summed E-state index contributed by atoms with van der Waals surface area (Å²) < 4.78 is 0. The number of pyridine rings is 2. The van der Waals surface area contributed by atoms with Gasteiger partial charge < -0.3 is 26.0 Å². The van der Waals surface area contributed by atoms with Gasteiger partial charge in [-0.15, -0.1) is 0 Å². The molecule has 5 rings (SSSR count). The van der Waals surface area contributed by atoms with Crippen LogP contribution in [0, 0.1) is 5.92 Å². The van der Waals surface area contributed by atoms with E-state index in [0.29, 0.717) is 12.2 Å². The van der Waals surface area contributed by atoms with Crippen LogP contribution in [0.5, 0.6) is 0 Å². The number of carbonyl (C=O) groups is 2. The van der Waals surface area contributed by atoms with E-state index in [2.05, 4.69) is 38.0 Å². The number of nitrogens with one attached hydrogen (secondary N) is 3. The van der Waals surface area contributed by atoms with Gasteiger partial charge in [-0.2, -0.15) is 0 Å². The fourth-order valence-corrected chi connectivity index (χ4v) is 5.42. The molecule has 4 heterocycles. The number of aromatic nitrogens is 2. The van der Waals surface area contributed by atoms with Gasteiger partial charge in [0.05, 0.1) is 11.4 Å². The van der Waals surface area contributed by atoms with Crippen molar-refractivity contribution >= 4 is 34.3 Å². The van der Waals surface area contributed by atoms with Gasteiger partial charge in [-0.05, 0) is 75.4 Å². The molecule has 1 aromatic carbocycles. The molecule has 0 bridgehead atoms. The molecule has 1 amide bonds. The van der Waals surface area contributed by atoms with Gasteiger partial charge >= 0.3 is 5.97 Å². The smallest absolute Gasteiger partial charge is 0.327 e. The van der Waals surface area contributed by atoms with Crippen LogP contribution in [0.3, 0.4) is 0 Å². The molecule has 0 radical (unpaired) electrons. The lowest BCUT2D eigenvalue weighted by Gasteiger charge is -2.32. The zero-order valence-electron chi connectivity index (χ0n) is 21.7. The highest BCUT2D eigenvalue weighted by Gasteiger charge is 2.27. The minimum absolute atomic E-state index is 0.0132. The molecular formula is C29H36N6O3. The van der Waals surface area contributed by atoms with Gasteiger partial charge in [0.15, 0.2) is 0 Å². The van der Waals surface area contributed by atoms with Crippen molar-refractivity contribution in [2.45, 2.75) is 44.6 Å². The second kappa shape index (κ2) is 12.2. The summed E-state index contributed by atoms with van der Waals surface area (Å²) in [5, 5.41) is 20.0. The fourth-order valence-electron chi connectivity index (χ4n) is 5.42. The molecule has 38 heavy (non-hydrogen) atoms. The van der Waals surface area contributed by atoms with Gasteiger partial charge in [0.2, 0.25) is 5.91 Å². The van der Waals surface area contributed by atoms with E-state index in [1.165, 1.54) is 5.56 Å². The number of hydrogen-bond donors (Lipinski definition) is 4. The quantitative estimate of drug-likeness (QED) is 0.324. The van der Waals surface area contributed by atoms with Crippen LogP contribution in [-0.2, 0) is 22.4 Å². The van der Waals surface area contributed by atoms with Crippen LogP contribution in [0.4, 0.5) is 11.5 Å². The highest BCUT2D eigenvalue weighted by Crippen LogP contribution is 2.23. The predicted octanol–water partition coefficient (Wildman–Crippen LogP) is 3.31. The van der Waals surface area contributed by atoms with Gasteiger partial charge in [0.25, 0.3) is 0 Å². The number of fused-ring (bicyclic) bond motifs is 2. The van der Waals surface area contributed by atoms with Crippen LogP contribution in [0.25, 0.3) is 10.9 Å². The normalized spacial score (nSPS) is 18.3. The lowest BCUT2D eigenvalue weighted by molar-refractivity contribution is -0.138. The van der Waals surface area contributed by atoms with E-state index in [1.807, 2.05) is 24.3 Å². The highest BCUT2D eigenvalue weighted by atomic mass is 16.4. The number of carboxylic acid groups (broad SMARTS) is 1. The fraction of sp³-hybridized carbons (Fsp3) is 0.448. The highest BCUT2D eigenvalue weighted by molar-refractivity contribution is 5.93. The maximum Gasteiger partial charge on any atom is 0.327 e. The molecule has 0 spiro atoms. The van der Waals surface area contributed by atoms with E-state index in [9.17, 15) is 14.7 Å². The molecular weight excluding hydrogens is 480 g/mol. The van der Waals surface area contributed by atoms with Gasteiger partial charge in [-0.3, -0.25) is 9.78 Å². The number of rotatable bonds is 10. The Kier molecular flexibility index (Phi) is 8.33. The van der Waals surface area contributed by atoms with E-state index in [-0.39, 0.29) is 18.4 Å². The van der Waals surface area contributed by atoms with Crippen LogP contribution in [-0.4, -0.2) is 70.6 Å². The Morgan fingerprint density at radius 1 is 1.16 bits per heavy atom. The zero-order chi connectivity index (χ0) is 26.3. The zero-order valence-corrected chi connectivity index (χ0v) is 21.7. The average Bonchev–Trinajstić information content (AvgIpc) is 2.95. The van der Waals surface area contributed by atoms with Crippen molar-refractivity contribution in [1.29, 1.82) is 0 Å². The van der Waals surface area contributed by atoms with Crippen molar-refractivity contribution in [1.82, 2.24) is 20.2 Å². The first kappa shape index (κ1) is 25.9. The van der Waals surface area contributed by atoms with Gasteiger partial charge in [0.1, 0.15) is 11.9 Å². The summed E-state index contributed by atoms with van der Waals surface area (Å²) in [5.74, 6) is -0.187. The molecule has 9 heteroatoms. The molecule has 0 aliphatic carbocycles. The summed E-state index contributed by atoms with van der Waals surface area (Å²) in [7, 11) is 0. The first-order valence-corrected chi connectivity index (χ1v) is 13.6. The molecule has 200 valence electrons. The Labute approximate surface area is 223 Å². The summed E-state index contributed by atoms with van der Waals surface area (Å²) in [4.78, 5) is 36.4. The third-order valence-corrected chi connectivity index (χ3v) is 7.49. The number of amides is 1. The first-order chi connectivity index (χ1) is 18.6. The van der Waals surface area contributed by atoms with Crippen molar-refractivity contribution in [3.63, 3.8) is 0 Å². The van der Waals surface area contributed by atoms with Crippen LogP contribution in [0.2, 0.25) is 0 Å². The van der Waals surface area contributed by atoms with Gasteiger partial charge in [-0.25, -0.2) is 9.78 Å². The average molecular weight is 517 g/mol. The molecule has 0 saturated carbocycles. The van der Waals surface area contributed by atoms with Crippen LogP contribution >= 0.6 is 0 Å². The van der Waals surface area contributed by atoms with Crippen molar-refractivity contribution < 1.29 is 14.7 Å². The number of anilines is 2. The number of carbonyl (C=O) groups excluding carboxylic acids is 1. The van der Waals surface area contributed by atoms with Crippen molar-refractivity contribution in [3.8, 4) is 0 Å². The first-order valence-electron chi connectivity index (χ1n) is 13.6. The molecule has 9 nitrogen and oxygen atoms in total. The maximum atomic E-state index is 13.0. The van der Waals surface area contributed by atoms with Crippen LogP contribution < -0.4 is 16.0 Å². The predicted molar refractivity (Wildman–Crippen MR) is 148 cm³/mol. The van der Waals surface area contributed by atoms with Crippen molar-refractivity contribution in [2.75, 3.05) is 43.4 Å². The minimum atomic E-state index is -1.01. The number of hydrogen-bond acceptors (Lipinski definition) is 7. The Bertz CT molecular complexity index is 1280. The van der Waals surface area contributed by atoms with E-state index in [0.717, 1.165) is 80.6 Å². The lowest BCUT2D eigenvalue weighted by Crippen LogP contribution is -2.47. The van der Waals surface area contributed by atoms with Crippen LogP contribution in [0.15, 0.2) is 48.7 Å². The molecule has 2 atom stereocenters. The molecule has 2 aliphatic rings. The topological polar surface area (TPSA) is 119 Å². The molecule has 2 aliphatic heterocycles. The summed E-state index contributed by atoms with van der Waals surface area (Å²) in [6.07, 6.45) is 7.59. The number of likely N-dealkylation sites (tertiary alicyclic amines) is 1. The monoisotopic (exact) mass is 516 g/mol. The second-order valence-corrected chi connectivity index (χ2v) is 10.2. The summed E-state index contributed by atoms with van der Waals surface area (Å²) in [6, 6.07) is 12.7. The number of para-hydroxylation sites is 1. The number of aryl methyl sites for hydroxylation is 2. The third kappa shape index (κ3) is 6.39. The second-order valence-electron chi connectivity index (χ2n) is 10.2. The minimum Gasteiger partial charge on any atom is -0.480 e. The number of nitrogens with zero attached hydrogens (tertiary/aromatic N) is 3. The van der Waals surface area contributed by atoms with E-state index in [1.54, 1.807) is 12.3 Å². The lowest BCUT2D eigenvalue weighted by atomic mass is 9.96. The summed E-state index contributed by atoms with van der Waals surface area (Å²) in [6.45, 7) is 3.61. The Hall–Kier alpha value is -3.72.